The summed E-state index contributed by atoms with van der Waals surface area (Å²) in [6, 6.07) is 0. The second-order valence-electron chi connectivity index (χ2n) is 3.16. The molecule has 0 aliphatic carbocycles. The van der Waals surface area contributed by atoms with E-state index in [2.05, 4.69) is 6.92 Å². The van der Waals surface area contributed by atoms with Crippen LogP contribution < -0.4 is 0 Å². The highest BCUT2D eigenvalue weighted by molar-refractivity contribution is 4.54. The second kappa shape index (κ2) is 6.56. The van der Waals surface area contributed by atoms with Gasteiger partial charge in [0.2, 0.25) is 6.43 Å². The summed E-state index contributed by atoms with van der Waals surface area (Å²) in [5, 5.41) is 0. The van der Waals surface area contributed by atoms with E-state index >= 15 is 0 Å². The Bertz CT molecular complexity index is 81.6. The minimum absolute atomic E-state index is 0.410. The van der Waals surface area contributed by atoms with E-state index in [4.69, 9.17) is 0 Å². The Morgan fingerprint density at radius 1 is 1.09 bits per heavy atom. The third-order valence-corrected chi connectivity index (χ3v) is 1.94. The minimum atomic E-state index is -2.13. The van der Waals surface area contributed by atoms with E-state index in [0.29, 0.717) is 6.42 Å². The van der Waals surface area contributed by atoms with Gasteiger partial charge in [-0.1, -0.05) is 39.5 Å². The zero-order valence-electron chi connectivity index (χ0n) is 7.45. The molecule has 0 rings (SSSR count). The quantitative estimate of drug-likeness (QED) is 0.523. The van der Waals surface area contributed by atoms with E-state index in [9.17, 15) is 8.78 Å². The highest BCUT2D eigenvalue weighted by Crippen LogP contribution is 2.16. The fourth-order valence-electron chi connectivity index (χ4n) is 1.02. The van der Waals surface area contributed by atoms with Crippen LogP contribution in [0.15, 0.2) is 0 Å². The first-order valence-corrected chi connectivity index (χ1v) is 4.46. The second-order valence-corrected chi connectivity index (χ2v) is 3.16. The summed E-state index contributed by atoms with van der Waals surface area (Å²) in [7, 11) is 0. The van der Waals surface area contributed by atoms with E-state index in [1.54, 1.807) is 6.92 Å². The number of rotatable bonds is 6. The molecule has 0 spiro atoms. The van der Waals surface area contributed by atoms with Gasteiger partial charge in [-0.2, -0.15) is 0 Å². The number of hydrogen-bond acceptors (Lipinski definition) is 0. The molecule has 0 fully saturated rings. The maximum Gasteiger partial charge on any atom is 0.241 e. The molecule has 0 bridgehead atoms. The number of unbranched alkanes of at least 4 members (excludes halogenated alkanes) is 3. The molecule has 11 heavy (non-hydrogen) atoms. The van der Waals surface area contributed by atoms with Crippen molar-refractivity contribution in [2.75, 3.05) is 0 Å². The molecule has 0 N–H and O–H groups in total. The molecule has 0 aromatic heterocycles. The molecule has 0 aromatic carbocycles. The van der Waals surface area contributed by atoms with Crippen LogP contribution in [0.3, 0.4) is 0 Å². The standard InChI is InChI=1S/C9H18F2/c1-3-4-5-6-7-8(2)9(10)11/h8-9H,3-7H2,1-2H3/t8-/m1/s1. The highest BCUT2D eigenvalue weighted by atomic mass is 19.3. The summed E-state index contributed by atoms with van der Waals surface area (Å²) in [5.41, 5.74) is 0. The number of alkyl halides is 2. The first kappa shape index (κ1) is 10.9. The van der Waals surface area contributed by atoms with E-state index in [1.807, 2.05) is 0 Å². The van der Waals surface area contributed by atoms with Crippen molar-refractivity contribution >= 4 is 0 Å². The molecule has 0 saturated carbocycles. The van der Waals surface area contributed by atoms with Gasteiger partial charge in [0, 0.05) is 5.92 Å². The van der Waals surface area contributed by atoms with Crippen LogP contribution in [0.5, 0.6) is 0 Å². The van der Waals surface area contributed by atoms with E-state index < -0.39 is 12.3 Å². The minimum Gasteiger partial charge on any atom is -0.210 e. The zero-order valence-corrected chi connectivity index (χ0v) is 7.45. The molecule has 1 atom stereocenters. The summed E-state index contributed by atoms with van der Waals surface area (Å²) >= 11 is 0. The maximum atomic E-state index is 11.9. The Morgan fingerprint density at radius 3 is 2.18 bits per heavy atom. The highest BCUT2D eigenvalue weighted by Gasteiger charge is 2.12. The first-order chi connectivity index (χ1) is 5.18. The van der Waals surface area contributed by atoms with Crippen LogP contribution in [-0.2, 0) is 0 Å². The van der Waals surface area contributed by atoms with Crippen LogP contribution in [0, 0.1) is 5.92 Å². The van der Waals surface area contributed by atoms with Crippen molar-refractivity contribution in [1.29, 1.82) is 0 Å². The van der Waals surface area contributed by atoms with Crippen LogP contribution in [0.4, 0.5) is 8.78 Å². The summed E-state index contributed by atoms with van der Waals surface area (Å²) in [5.74, 6) is -0.410. The molecule has 0 amide bonds. The molecule has 0 aliphatic heterocycles. The first-order valence-electron chi connectivity index (χ1n) is 4.46. The van der Waals surface area contributed by atoms with Gasteiger partial charge in [0.25, 0.3) is 0 Å². The Morgan fingerprint density at radius 2 is 1.73 bits per heavy atom. The topological polar surface area (TPSA) is 0 Å². The summed E-state index contributed by atoms with van der Waals surface area (Å²) < 4.78 is 23.9. The van der Waals surface area contributed by atoms with Crippen molar-refractivity contribution in [2.24, 2.45) is 5.92 Å². The Kier molecular flexibility index (Phi) is 6.48. The summed E-state index contributed by atoms with van der Waals surface area (Å²) in [6.45, 7) is 3.74. The number of hydrogen-bond donors (Lipinski definition) is 0. The lowest BCUT2D eigenvalue weighted by Gasteiger charge is -2.08. The maximum absolute atomic E-state index is 11.9. The summed E-state index contributed by atoms with van der Waals surface area (Å²) in [4.78, 5) is 0. The molecule has 0 nitrogen and oxygen atoms in total. The van der Waals surface area contributed by atoms with Gasteiger partial charge in [-0.25, -0.2) is 8.78 Å². The van der Waals surface area contributed by atoms with Crippen LogP contribution >= 0.6 is 0 Å². The Balaban J connectivity index is 3.10. The lowest BCUT2D eigenvalue weighted by Crippen LogP contribution is -2.05. The average molecular weight is 164 g/mol. The predicted molar refractivity (Wildman–Crippen MR) is 43.9 cm³/mol. The van der Waals surface area contributed by atoms with Crippen molar-refractivity contribution in [3.05, 3.63) is 0 Å². The molecular weight excluding hydrogens is 146 g/mol. The van der Waals surface area contributed by atoms with Gasteiger partial charge in [0.15, 0.2) is 0 Å². The molecular formula is C9H18F2. The molecule has 0 unspecified atom stereocenters. The van der Waals surface area contributed by atoms with E-state index in [1.165, 1.54) is 12.8 Å². The molecule has 0 aliphatic rings. The van der Waals surface area contributed by atoms with Crippen molar-refractivity contribution in [2.45, 2.75) is 52.4 Å². The predicted octanol–water partition coefficient (Wildman–Crippen LogP) is 3.86. The van der Waals surface area contributed by atoms with Gasteiger partial charge >= 0.3 is 0 Å². The molecule has 68 valence electrons. The van der Waals surface area contributed by atoms with Crippen molar-refractivity contribution in [3.63, 3.8) is 0 Å². The van der Waals surface area contributed by atoms with E-state index in [0.717, 1.165) is 12.8 Å². The van der Waals surface area contributed by atoms with Crippen molar-refractivity contribution in [1.82, 2.24) is 0 Å². The van der Waals surface area contributed by atoms with Crippen molar-refractivity contribution < 1.29 is 8.78 Å². The van der Waals surface area contributed by atoms with Gasteiger partial charge < -0.3 is 0 Å². The van der Waals surface area contributed by atoms with Crippen LogP contribution in [-0.4, -0.2) is 6.43 Å². The normalized spacial score (nSPS) is 13.9. The van der Waals surface area contributed by atoms with Crippen LogP contribution in [0.25, 0.3) is 0 Å². The monoisotopic (exact) mass is 164 g/mol. The average Bonchev–Trinajstić information content (AvgIpc) is 1.97. The van der Waals surface area contributed by atoms with Crippen LogP contribution in [0.2, 0.25) is 0 Å². The van der Waals surface area contributed by atoms with Gasteiger partial charge in [-0.15, -0.1) is 0 Å². The van der Waals surface area contributed by atoms with Gasteiger partial charge in [0.1, 0.15) is 0 Å². The van der Waals surface area contributed by atoms with Crippen LogP contribution in [0.1, 0.15) is 46.0 Å². The van der Waals surface area contributed by atoms with Gasteiger partial charge in [-0.05, 0) is 6.42 Å². The largest absolute Gasteiger partial charge is 0.241 e. The molecule has 0 saturated heterocycles. The fraction of sp³-hybridized carbons (Fsp3) is 1.00. The SMILES string of the molecule is CCCCCC[C@@H](C)C(F)F. The lowest BCUT2D eigenvalue weighted by atomic mass is 10.0. The smallest absolute Gasteiger partial charge is 0.210 e. The van der Waals surface area contributed by atoms with E-state index in [-0.39, 0.29) is 0 Å². The fourth-order valence-corrected chi connectivity index (χ4v) is 1.02. The molecule has 0 aromatic rings. The third kappa shape index (κ3) is 6.27. The number of halogens is 2. The lowest BCUT2D eigenvalue weighted by molar-refractivity contribution is 0.0805. The van der Waals surface area contributed by atoms with Gasteiger partial charge in [-0.3, -0.25) is 0 Å². The third-order valence-electron chi connectivity index (χ3n) is 1.94. The molecule has 0 radical (unpaired) electrons. The van der Waals surface area contributed by atoms with Crippen molar-refractivity contribution in [3.8, 4) is 0 Å². The van der Waals surface area contributed by atoms with Gasteiger partial charge in [0.05, 0.1) is 0 Å². The zero-order chi connectivity index (χ0) is 8.69. The summed E-state index contributed by atoms with van der Waals surface area (Å²) in [6.07, 6.45) is 2.96. The Hall–Kier alpha value is -0.140. The molecule has 2 heteroatoms. The Labute approximate surface area is 68.0 Å². The molecule has 0 heterocycles.